The minimum Gasteiger partial charge on any atom is -0.345 e. The topological polar surface area (TPSA) is 62.0 Å². The van der Waals surface area contributed by atoms with Crippen molar-refractivity contribution >= 4 is 16.7 Å². The molecule has 24 heavy (non-hydrogen) atoms. The third kappa shape index (κ3) is 2.20. The number of amides is 1. The van der Waals surface area contributed by atoms with Crippen molar-refractivity contribution in [2.24, 2.45) is 17.8 Å². The number of pyridine rings is 1. The fourth-order valence-corrected chi connectivity index (χ4v) is 5.91. The minimum absolute atomic E-state index is 0.0334. The highest BCUT2D eigenvalue weighted by molar-refractivity contribution is 5.96. The first-order valence-corrected chi connectivity index (χ1v) is 9.05. The first kappa shape index (κ1) is 14.3. The summed E-state index contributed by atoms with van der Waals surface area (Å²) in [6.45, 7) is 0. The summed E-state index contributed by atoms with van der Waals surface area (Å²) in [5.74, 6) is 2.23. The second kappa shape index (κ2) is 4.95. The monoisotopic (exact) mass is 322 g/mol. The van der Waals surface area contributed by atoms with Crippen molar-refractivity contribution in [3.8, 4) is 0 Å². The van der Waals surface area contributed by atoms with Crippen molar-refractivity contribution in [3.05, 3.63) is 46.4 Å². The Balaban J connectivity index is 1.46. The Labute approximate surface area is 140 Å². The Kier molecular flexibility index (Phi) is 2.94. The third-order valence-electron chi connectivity index (χ3n) is 6.42. The van der Waals surface area contributed by atoms with Crippen LogP contribution in [0.25, 0.3) is 10.8 Å². The van der Waals surface area contributed by atoms with Crippen LogP contribution in [0.15, 0.2) is 35.1 Å². The van der Waals surface area contributed by atoms with E-state index in [0.717, 1.165) is 42.4 Å². The lowest BCUT2D eigenvalue weighted by Crippen LogP contribution is -2.60. The molecule has 0 spiro atoms. The predicted molar refractivity (Wildman–Crippen MR) is 92.9 cm³/mol. The van der Waals surface area contributed by atoms with Gasteiger partial charge in [-0.05, 0) is 73.8 Å². The van der Waals surface area contributed by atoms with E-state index in [1.165, 1.54) is 19.3 Å². The molecule has 0 atom stereocenters. The van der Waals surface area contributed by atoms with Crippen LogP contribution >= 0.6 is 0 Å². The number of hydrogen-bond acceptors (Lipinski definition) is 2. The average molecular weight is 322 g/mol. The van der Waals surface area contributed by atoms with Crippen molar-refractivity contribution in [2.75, 3.05) is 0 Å². The maximum absolute atomic E-state index is 12.8. The highest BCUT2D eigenvalue weighted by Gasteiger charge is 2.51. The minimum atomic E-state index is -0.191. The summed E-state index contributed by atoms with van der Waals surface area (Å²) in [6, 6.07) is 9.20. The van der Waals surface area contributed by atoms with Crippen LogP contribution in [0.3, 0.4) is 0 Å². The predicted octanol–water partition coefficient (Wildman–Crippen LogP) is 3.23. The number of nitrogens with one attached hydrogen (secondary N) is 2. The van der Waals surface area contributed by atoms with Crippen molar-refractivity contribution in [2.45, 2.75) is 44.1 Å². The molecule has 4 aliphatic carbocycles. The largest absolute Gasteiger partial charge is 0.345 e. The summed E-state index contributed by atoms with van der Waals surface area (Å²) in [7, 11) is 0. The van der Waals surface area contributed by atoms with Gasteiger partial charge in [0.25, 0.3) is 11.5 Å². The lowest BCUT2D eigenvalue weighted by atomic mass is 9.53. The fraction of sp³-hybridized carbons (Fsp3) is 0.500. The number of H-pyrrole nitrogens is 1. The molecule has 2 aromatic rings. The van der Waals surface area contributed by atoms with Crippen LogP contribution in [-0.2, 0) is 0 Å². The molecule has 0 unspecified atom stereocenters. The standard InChI is InChI=1S/C20H22N2O2/c23-18-16-4-2-1-3-15(16)8-17(21-18)19(24)22-20-9-12-5-13(10-20)7-14(6-12)11-20/h1-4,8,12-14H,5-7,9-11H2,(H,21,23)(H,22,24). The molecular weight excluding hydrogens is 300 g/mol. The summed E-state index contributed by atoms with van der Waals surface area (Å²) >= 11 is 0. The number of aromatic amines is 1. The Morgan fingerprint density at radius 3 is 2.33 bits per heavy atom. The lowest BCUT2D eigenvalue weighted by Gasteiger charge is -2.56. The van der Waals surface area contributed by atoms with Gasteiger partial charge in [0.1, 0.15) is 5.69 Å². The number of carbonyl (C=O) groups excluding carboxylic acids is 1. The van der Waals surface area contributed by atoms with Crippen LogP contribution in [-0.4, -0.2) is 16.4 Å². The number of fused-ring (bicyclic) bond motifs is 1. The van der Waals surface area contributed by atoms with Crippen molar-refractivity contribution in [1.29, 1.82) is 0 Å². The van der Waals surface area contributed by atoms with Crippen LogP contribution < -0.4 is 10.9 Å². The second-order valence-corrected chi connectivity index (χ2v) is 8.25. The molecule has 0 saturated heterocycles. The molecule has 2 N–H and O–H groups in total. The van der Waals surface area contributed by atoms with Gasteiger partial charge in [0.2, 0.25) is 0 Å². The molecule has 1 aromatic carbocycles. The number of aromatic nitrogens is 1. The number of hydrogen-bond donors (Lipinski definition) is 2. The molecule has 4 fully saturated rings. The zero-order valence-electron chi connectivity index (χ0n) is 13.7. The molecular formula is C20H22N2O2. The van der Waals surface area contributed by atoms with Gasteiger partial charge in [0.05, 0.1) is 0 Å². The van der Waals surface area contributed by atoms with E-state index in [1.807, 2.05) is 18.2 Å². The fourth-order valence-electron chi connectivity index (χ4n) is 5.91. The molecule has 4 heteroatoms. The summed E-state index contributed by atoms with van der Waals surface area (Å²) in [5.41, 5.74) is 0.159. The molecule has 0 aliphatic heterocycles. The molecule has 124 valence electrons. The quantitative estimate of drug-likeness (QED) is 0.892. The molecule has 0 radical (unpaired) electrons. The van der Waals surface area contributed by atoms with Crippen molar-refractivity contribution in [1.82, 2.24) is 10.3 Å². The van der Waals surface area contributed by atoms with Gasteiger partial charge in [-0.2, -0.15) is 0 Å². The molecule has 6 rings (SSSR count). The van der Waals surface area contributed by atoms with Gasteiger partial charge in [0.15, 0.2) is 0 Å². The Morgan fingerprint density at radius 1 is 1.04 bits per heavy atom. The maximum atomic E-state index is 12.8. The SMILES string of the molecule is O=C(NC12CC3CC(CC(C3)C1)C2)c1cc2ccccc2c(=O)[nH]1. The zero-order valence-corrected chi connectivity index (χ0v) is 13.7. The van der Waals surface area contributed by atoms with E-state index >= 15 is 0 Å². The van der Waals surface area contributed by atoms with Crippen molar-refractivity contribution < 1.29 is 4.79 Å². The first-order chi connectivity index (χ1) is 11.6. The smallest absolute Gasteiger partial charge is 0.268 e. The summed E-state index contributed by atoms with van der Waals surface area (Å²) in [6.07, 6.45) is 7.39. The first-order valence-electron chi connectivity index (χ1n) is 9.05. The molecule has 1 amide bonds. The summed E-state index contributed by atoms with van der Waals surface area (Å²) in [4.78, 5) is 27.8. The number of rotatable bonds is 2. The van der Waals surface area contributed by atoms with Gasteiger partial charge in [-0.3, -0.25) is 9.59 Å². The van der Waals surface area contributed by atoms with Gasteiger partial charge >= 0.3 is 0 Å². The van der Waals surface area contributed by atoms with Crippen LogP contribution in [0.1, 0.15) is 49.0 Å². The van der Waals surface area contributed by atoms with E-state index in [2.05, 4.69) is 10.3 Å². The normalized spacial score (nSPS) is 33.8. The average Bonchev–Trinajstić information content (AvgIpc) is 2.53. The van der Waals surface area contributed by atoms with Gasteiger partial charge in [-0.25, -0.2) is 0 Å². The molecule has 4 aliphatic rings. The molecule has 4 nitrogen and oxygen atoms in total. The Hall–Kier alpha value is -2.10. The van der Waals surface area contributed by atoms with Gasteiger partial charge in [-0.15, -0.1) is 0 Å². The van der Waals surface area contributed by atoms with Gasteiger partial charge in [0, 0.05) is 10.9 Å². The molecule has 4 bridgehead atoms. The molecule has 1 heterocycles. The maximum Gasteiger partial charge on any atom is 0.268 e. The highest BCUT2D eigenvalue weighted by Crippen LogP contribution is 2.55. The summed E-state index contributed by atoms with van der Waals surface area (Å²) < 4.78 is 0. The van der Waals surface area contributed by atoms with Crippen LogP contribution in [0.4, 0.5) is 0 Å². The number of carbonyl (C=O) groups is 1. The molecule has 1 aromatic heterocycles. The Morgan fingerprint density at radius 2 is 1.67 bits per heavy atom. The summed E-state index contributed by atoms with van der Waals surface area (Å²) in [5, 5.41) is 4.77. The van der Waals surface area contributed by atoms with Crippen LogP contribution in [0, 0.1) is 17.8 Å². The third-order valence-corrected chi connectivity index (χ3v) is 6.42. The lowest BCUT2D eigenvalue weighted by molar-refractivity contribution is -0.0167. The van der Waals surface area contributed by atoms with E-state index in [4.69, 9.17) is 0 Å². The van der Waals surface area contributed by atoms with Crippen LogP contribution in [0.2, 0.25) is 0 Å². The second-order valence-electron chi connectivity index (χ2n) is 8.25. The van der Waals surface area contributed by atoms with Gasteiger partial charge in [-0.1, -0.05) is 18.2 Å². The van der Waals surface area contributed by atoms with E-state index < -0.39 is 0 Å². The highest BCUT2D eigenvalue weighted by atomic mass is 16.2. The van der Waals surface area contributed by atoms with E-state index in [-0.39, 0.29) is 17.0 Å². The van der Waals surface area contributed by atoms with E-state index in [9.17, 15) is 9.59 Å². The number of benzene rings is 1. The molecule has 4 saturated carbocycles. The van der Waals surface area contributed by atoms with Crippen LogP contribution in [0.5, 0.6) is 0 Å². The Bertz CT molecular complexity index is 847. The van der Waals surface area contributed by atoms with Gasteiger partial charge < -0.3 is 10.3 Å². The van der Waals surface area contributed by atoms with E-state index in [1.54, 1.807) is 12.1 Å². The van der Waals surface area contributed by atoms with Crippen molar-refractivity contribution in [3.63, 3.8) is 0 Å². The zero-order chi connectivity index (χ0) is 16.3. The van der Waals surface area contributed by atoms with E-state index in [0.29, 0.717) is 11.1 Å².